The van der Waals surface area contributed by atoms with Crippen molar-refractivity contribution in [1.29, 1.82) is 0 Å². The van der Waals surface area contributed by atoms with Crippen LogP contribution >= 0.6 is 0 Å². The minimum absolute atomic E-state index is 0.140. The van der Waals surface area contributed by atoms with Crippen molar-refractivity contribution in [2.45, 2.75) is 32.7 Å². The van der Waals surface area contributed by atoms with E-state index in [2.05, 4.69) is 79.4 Å². The van der Waals surface area contributed by atoms with E-state index >= 15 is 0 Å². The Morgan fingerprint density at radius 2 is 1.68 bits per heavy atom. The lowest BCUT2D eigenvalue weighted by Gasteiger charge is -2.38. The molecule has 0 saturated carbocycles. The average molecular weight is 373 g/mol. The normalized spacial score (nSPS) is 16.9. The molecule has 4 rings (SSSR count). The highest BCUT2D eigenvalue weighted by molar-refractivity contribution is 5.86. The molecule has 0 aliphatic carbocycles. The zero-order valence-corrected chi connectivity index (χ0v) is 16.6. The summed E-state index contributed by atoms with van der Waals surface area (Å²) in [4.78, 5) is 13.9. The van der Waals surface area contributed by atoms with Crippen LogP contribution in [0.4, 0.5) is 0 Å². The fourth-order valence-corrected chi connectivity index (χ4v) is 4.59. The van der Waals surface area contributed by atoms with Gasteiger partial charge in [0.25, 0.3) is 0 Å². The lowest BCUT2D eigenvalue weighted by atomic mass is 9.87. The van der Waals surface area contributed by atoms with Crippen molar-refractivity contribution in [3.8, 4) is 0 Å². The molecule has 1 unspecified atom stereocenters. The number of hydrogen-bond acceptors (Lipinski definition) is 2. The van der Waals surface area contributed by atoms with Gasteiger partial charge in [-0.3, -0.25) is 9.69 Å². The van der Waals surface area contributed by atoms with Gasteiger partial charge < -0.3 is 5.11 Å². The molecule has 0 aromatic heterocycles. The molecule has 3 aromatic rings. The number of aliphatic carboxylic acids is 1. The molecule has 3 aromatic carbocycles. The molecule has 3 nitrogen and oxygen atoms in total. The van der Waals surface area contributed by atoms with E-state index in [9.17, 15) is 9.90 Å². The van der Waals surface area contributed by atoms with E-state index in [1.54, 1.807) is 0 Å². The zero-order valence-electron chi connectivity index (χ0n) is 16.6. The number of benzene rings is 3. The first kappa shape index (κ1) is 18.7. The molecule has 3 heteroatoms. The SMILES string of the molecule is Cc1ccc(C(c2cccc3ccccc23)N2CCC(C(=O)O)CC2)c(C)c1. The summed E-state index contributed by atoms with van der Waals surface area (Å²) in [6.07, 6.45) is 1.42. The largest absolute Gasteiger partial charge is 0.481 e. The summed E-state index contributed by atoms with van der Waals surface area (Å²) in [7, 11) is 0. The first-order chi connectivity index (χ1) is 13.5. The Labute approximate surface area is 166 Å². The molecule has 28 heavy (non-hydrogen) atoms. The van der Waals surface area contributed by atoms with Gasteiger partial charge in [-0.15, -0.1) is 0 Å². The number of fused-ring (bicyclic) bond motifs is 1. The van der Waals surface area contributed by atoms with Gasteiger partial charge in [-0.2, -0.15) is 0 Å². The predicted octanol–water partition coefficient (Wildman–Crippen LogP) is 5.34. The minimum atomic E-state index is -0.659. The summed E-state index contributed by atoms with van der Waals surface area (Å²) in [5.41, 5.74) is 5.18. The molecule has 1 heterocycles. The van der Waals surface area contributed by atoms with Gasteiger partial charge in [-0.1, -0.05) is 66.2 Å². The Bertz CT molecular complexity index is 997. The number of likely N-dealkylation sites (tertiary alicyclic amines) is 1. The van der Waals surface area contributed by atoms with Crippen LogP contribution in [-0.4, -0.2) is 29.1 Å². The van der Waals surface area contributed by atoms with Crippen molar-refractivity contribution in [1.82, 2.24) is 4.90 Å². The Hall–Kier alpha value is -2.65. The summed E-state index contributed by atoms with van der Waals surface area (Å²) >= 11 is 0. The van der Waals surface area contributed by atoms with Crippen molar-refractivity contribution in [2.75, 3.05) is 13.1 Å². The third-order valence-electron chi connectivity index (χ3n) is 6.08. The zero-order chi connectivity index (χ0) is 19.7. The topological polar surface area (TPSA) is 40.5 Å². The summed E-state index contributed by atoms with van der Waals surface area (Å²) in [6.45, 7) is 5.92. The molecule has 1 atom stereocenters. The smallest absolute Gasteiger partial charge is 0.306 e. The number of carbonyl (C=O) groups is 1. The van der Waals surface area contributed by atoms with Crippen LogP contribution in [0.15, 0.2) is 60.7 Å². The highest BCUT2D eigenvalue weighted by Crippen LogP contribution is 2.37. The van der Waals surface area contributed by atoms with Crippen LogP contribution in [0.25, 0.3) is 10.8 Å². The van der Waals surface area contributed by atoms with Gasteiger partial charge in [0.2, 0.25) is 0 Å². The maximum absolute atomic E-state index is 11.4. The number of carboxylic acids is 1. The van der Waals surface area contributed by atoms with E-state index in [-0.39, 0.29) is 12.0 Å². The summed E-state index contributed by atoms with van der Waals surface area (Å²) in [5, 5.41) is 11.9. The van der Waals surface area contributed by atoms with Gasteiger partial charge in [0.1, 0.15) is 0 Å². The lowest BCUT2D eigenvalue weighted by molar-refractivity contribution is -0.143. The minimum Gasteiger partial charge on any atom is -0.481 e. The number of carboxylic acid groups (broad SMARTS) is 1. The van der Waals surface area contributed by atoms with Gasteiger partial charge in [0.05, 0.1) is 12.0 Å². The van der Waals surface area contributed by atoms with Crippen molar-refractivity contribution in [3.63, 3.8) is 0 Å². The van der Waals surface area contributed by atoms with Crippen molar-refractivity contribution in [2.24, 2.45) is 5.92 Å². The highest BCUT2D eigenvalue weighted by Gasteiger charge is 2.31. The molecule has 144 valence electrons. The monoisotopic (exact) mass is 373 g/mol. The van der Waals surface area contributed by atoms with Crippen LogP contribution < -0.4 is 0 Å². The molecule has 0 bridgehead atoms. The van der Waals surface area contributed by atoms with Crippen molar-refractivity contribution < 1.29 is 9.90 Å². The number of nitrogens with zero attached hydrogens (tertiary/aromatic N) is 1. The fraction of sp³-hybridized carbons (Fsp3) is 0.320. The van der Waals surface area contributed by atoms with Gasteiger partial charge in [-0.05, 0) is 67.2 Å². The Morgan fingerprint density at radius 3 is 2.39 bits per heavy atom. The number of hydrogen-bond donors (Lipinski definition) is 1. The van der Waals surface area contributed by atoms with E-state index in [0.717, 1.165) is 13.1 Å². The summed E-state index contributed by atoms with van der Waals surface area (Å²) in [5.74, 6) is -0.878. The molecule has 1 fully saturated rings. The molecule has 0 amide bonds. The van der Waals surface area contributed by atoms with Crippen LogP contribution in [0.5, 0.6) is 0 Å². The third kappa shape index (κ3) is 3.55. The molecule has 1 aliphatic rings. The average Bonchev–Trinajstić information content (AvgIpc) is 2.70. The highest BCUT2D eigenvalue weighted by atomic mass is 16.4. The third-order valence-corrected chi connectivity index (χ3v) is 6.08. The second kappa shape index (κ2) is 7.76. The van der Waals surface area contributed by atoms with Gasteiger partial charge in [0.15, 0.2) is 0 Å². The van der Waals surface area contributed by atoms with Crippen LogP contribution in [0.2, 0.25) is 0 Å². The maximum Gasteiger partial charge on any atom is 0.306 e. The molecular weight excluding hydrogens is 346 g/mol. The molecule has 1 saturated heterocycles. The summed E-state index contributed by atoms with van der Waals surface area (Å²) < 4.78 is 0. The quantitative estimate of drug-likeness (QED) is 0.671. The number of aryl methyl sites for hydroxylation is 2. The van der Waals surface area contributed by atoms with Crippen LogP contribution in [-0.2, 0) is 4.79 Å². The van der Waals surface area contributed by atoms with E-state index in [1.165, 1.54) is 33.0 Å². The Balaban J connectivity index is 1.81. The number of rotatable bonds is 4. The van der Waals surface area contributed by atoms with Gasteiger partial charge in [0, 0.05) is 0 Å². The van der Waals surface area contributed by atoms with E-state index in [0.29, 0.717) is 12.8 Å². The lowest BCUT2D eigenvalue weighted by Crippen LogP contribution is -2.39. The van der Waals surface area contributed by atoms with Crippen molar-refractivity contribution in [3.05, 3.63) is 82.9 Å². The van der Waals surface area contributed by atoms with Gasteiger partial charge >= 0.3 is 5.97 Å². The standard InChI is InChI=1S/C25H27NO2/c1-17-10-11-21(18(2)16-17)24(26-14-12-20(13-15-26)25(27)28)23-9-5-7-19-6-3-4-8-22(19)23/h3-11,16,20,24H,12-15H2,1-2H3,(H,27,28). The summed E-state index contributed by atoms with van der Waals surface area (Å²) in [6, 6.07) is 21.9. The first-order valence-corrected chi connectivity index (χ1v) is 10.1. The Kier molecular flexibility index (Phi) is 5.19. The molecule has 1 aliphatic heterocycles. The first-order valence-electron chi connectivity index (χ1n) is 10.1. The van der Waals surface area contributed by atoms with Crippen LogP contribution in [0, 0.1) is 19.8 Å². The molecule has 0 radical (unpaired) electrons. The number of piperidine rings is 1. The van der Waals surface area contributed by atoms with Crippen LogP contribution in [0.1, 0.15) is 41.1 Å². The predicted molar refractivity (Wildman–Crippen MR) is 114 cm³/mol. The molecular formula is C25H27NO2. The molecule has 1 N–H and O–H groups in total. The van der Waals surface area contributed by atoms with Crippen molar-refractivity contribution >= 4 is 16.7 Å². The van der Waals surface area contributed by atoms with E-state index < -0.39 is 5.97 Å². The Morgan fingerprint density at radius 1 is 0.964 bits per heavy atom. The fourth-order valence-electron chi connectivity index (χ4n) is 4.59. The van der Waals surface area contributed by atoms with E-state index in [1.807, 2.05) is 0 Å². The van der Waals surface area contributed by atoms with Crippen LogP contribution in [0.3, 0.4) is 0 Å². The maximum atomic E-state index is 11.4. The second-order valence-corrected chi connectivity index (χ2v) is 7.98. The van der Waals surface area contributed by atoms with E-state index in [4.69, 9.17) is 0 Å². The second-order valence-electron chi connectivity index (χ2n) is 7.98. The van der Waals surface area contributed by atoms with Gasteiger partial charge in [-0.25, -0.2) is 0 Å². The molecule has 0 spiro atoms.